The summed E-state index contributed by atoms with van der Waals surface area (Å²) in [6, 6.07) is 4.28. The fraction of sp³-hybridized carbons (Fsp3) is 0.621. The molecule has 0 amide bonds. The zero-order chi connectivity index (χ0) is 24.3. The molecule has 1 saturated heterocycles. The van der Waals surface area contributed by atoms with Crippen molar-refractivity contribution in [2.24, 2.45) is 11.3 Å². The van der Waals surface area contributed by atoms with Crippen molar-refractivity contribution < 1.29 is 14.6 Å². The Kier molecular flexibility index (Phi) is 8.10. The zero-order valence-corrected chi connectivity index (χ0v) is 21.5. The summed E-state index contributed by atoms with van der Waals surface area (Å²) in [5.74, 6) is 0.713. The average Bonchev–Trinajstić information content (AvgIpc) is 3.45. The summed E-state index contributed by atoms with van der Waals surface area (Å²) in [6.45, 7) is 15.9. The van der Waals surface area contributed by atoms with Crippen molar-refractivity contribution >= 4 is 5.97 Å². The van der Waals surface area contributed by atoms with E-state index in [4.69, 9.17) is 4.74 Å². The number of aryl methyl sites for hydroxylation is 1. The molecule has 1 fully saturated rings. The minimum absolute atomic E-state index is 0.0358. The maximum absolute atomic E-state index is 13.1. The number of phenolic OH excluding ortho intramolecular Hbond substituents is 1. The molecule has 0 aromatic heterocycles. The third-order valence-electron chi connectivity index (χ3n) is 7.55. The number of esters is 1. The van der Waals surface area contributed by atoms with Gasteiger partial charge in [0.25, 0.3) is 0 Å². The van der Waals surface area contributed by atoms with Gasteiger partial charge in [0, 0.05) is 24.1 Å². The molecule has 0 spiro atoms. The molecule has 1 heterocycles. The topological polar surface area (TPSA) is 49.5 Å². The maximum atomic E-state index is 13.1. The first-order valence-electron chi connectivity index (χ1n) is 12.6. The van der Waals surface area contributed by atoms with Gasteiger partial charge in [0.2, 0.25) is 0 Å². The zero-order valence-electron chi connectivity index (χ0n) is 21.5. The van der Waals surface area contributed by atoms with Crippen LogP contribution in [0.4, 0.5) is 0 Å². The molecule has 33 heavy (non-hydrogen) atoms. The van der Waals surface area contributed by atoms with Crippen LogP contribution < -0.4 is 4.74 Å². The van der Waals surface area contributed by atoms with Gasteiger partial charge in [0.05, 0.1) is 6.42 Å². The Morgan fingerprint density at radius 2 is 2.00 bits per heavy atom. The molecule has 1 N–H and O–H groups in total. The third-order valence-corrected chi connectivity index (χ3v) is 7.55. The second-order valence-corrected chi connectivity index (χ2v) is 11.1. The van der Waals surface area contributed by atoms with E-state index in [1.807, 2.05) is 12.1 Å². The first-order chi connectivity index (χ1) is 15.5. The molecule has 0 saturated carbocycles. The Balaban J connectivity index is 1.95. The van der Waals surface area contributed by atoms with Gasteiger partial charge in [-0.3, -0.25) is 4.79 Å². The standard InChI is InChI=1S/C29H43NO3/c1-8-9-10-11-21-15-24(31)28(23-14-20(4)12-13-22(23)19(2)3)25(16-21)33-27(32)17-29(5,6)26-18-30(26)7/h14-16,22-23,26,31H,2,8-13,17-18H2,1,3-7H3/t22-,23+,26?,30?/m0/s1. The molecule has 2 aliphatic rings. The minimum atomic E-state index is -0.227. The van der Waals surface area contributed by atoms with Crippen molar-refractivity contribution in [2.75, 3.05) is 13.6 Å². The molecule has 0 radical (unpaired) electrons. The Morgan fingerprint density at radius 3 is 2.61 bits per heavy atom. The van der Waals surface area contributed by atoms with Gasteiger partial charge in [-0.1, -0.05) is 57.4 Å². The third kappa shape index (κ3) is 6.29. The lowest BCUT2D eigenvalue weighted by atomic mass is 9.73. The SMILES string of the molecule is C=C(C)[C@@H]1CCC(C)=C[C@H]1c1c(O)cc(CCCCC)cc1OC(=O)CC(C)(C)C1CN1C. The van der Waals surface area contributed by atoms with Crippen LogP contribution in [0, 0.1) is 11.3 Å². The number of rotatable bonds is 10. The van der Waals surface area contributed by atoms with Crippen LogP contribution in [0.25, 0.3) is 0 Å². The Bertz CT molecular complexity index is 914. The Morgan fingerprint density at radius 1 is 1.30 bits per heavy atom. The fourth-order valence-electron chi connectivity index (χ4n) is 5.43. The van der Waals surface area contributed by atoms with Crippen LogP contribution in [-0.4, -0.2) is 35.6 Å². The van der Waals surface area contributed by atoms with Crippen molar-refractivity contribution in [3.8, 4) is 11.5 Å². The van der Waals surface area contributed by atoms with Gasteiger partial charge in [0.15, 0.2) is 0 Å². The van der Waals surface area contributed by atoms with Gasteiger partial charge >= 0.3 is 5.97 Å². The van der Waals surface area contributed by atoms with Gasteiger partial charge in [-0.2, -0.15) is 0 Å². The molecule has 0 bridgehead atoms. The van der Waals surface area contributed by atoms with E-state index < -0.39 is 0 Å². The van der Waals surface area contributed by atoms with Crippen molar-refractivity contribution in [1.82, 2.24) is 4.90 Å². The van der Waals surface area contributed by atoms with E-state index in [1.54, 1.807) is 0 Å². The summed E-state index contributed by atoms with van der Waals surface area (Å²) in [6.07, 6.45) is 8.82. The van der Waals surface area contributed by atoms with Crippen LogP contribution in [0.1, 0.15) is 90.2 Å². The number of carbonyl (C=O) groups is 1. The number of carbonyl (C=O) groups excluding carboxylic acids is 1. The summed E-state index contributed by atoms with van der Waals surface area (Å²) in [5.41, 5.74) is 4.02. The molecule has 4 atom stereocenters. The number of phenols is 1. The molecule has 1 aromatic carbocycles. The van der Waals surface area contributed by atoms with Crippen LogP contribution in [0.15, 0.2) is 35.9 Å². The van der Waals surface area contributed by atoms with Gasteiger partial charge in [-0.25, -0.2) is 0 Å². The summed E-state index contributed by atoms with van der Waals surface area (Å²) in [4.78, 5) is 15.4. The van der Waals surface area contributed by atoms with E-state index in [0.717, 1.165) is 61.8 Å². The van der Waals surface area contributed by atoms with E-state index >= 15 is 0 Å². The van der Waals surface area contributed by atoms with Crippen LogP contribution in [0.2, 0.25) is 0 Å². The number of nitrogens with zero attached hydrogens (tertiary/aromatic N) is 1. The molecule has 3 rings (SSSR count). The van der Waals surface area contributed by atoms with E-state index in [2.05, 4.69) is 59.2 Å². The first-order valence-corrected chi connectivity index (χ1v) is 12.6. The summed E-state index contributed by atoms with van der Waals surface area (Å²) >= 11 is 0. The van der Waals surface area contributed by atoms with Gasteiger partial charge in [-0.05, 0) is 75.6 Å². The molecule has 1 aliphatic heterocycles. The molecule has 2 unspecified atom stereocenters. The van der Waals surface area contributed by atoms with Crippen molar-refractivity contribution in [2.45, 2.75) is 91.5 Å². The maximum Gasteiger partial charge on any atom is 0.311 e. The number of allylic oxidation sites excluding steroid dienone is 3. The molecule has 1 aliphatic carbocycles. The largest absolute Gasteiger partial charge is 0.507 e. The average molecular weight is 454 g/mol. The number of likely N-dealkylation sites (N-methyl/N-ethyl adjacent to an activating group) is 1. The van der Waals surface area contributed by atoms with Crippen LogP contribution >= 0.6 is 0 Å². The molecular weight excluding hydrogens is 410 g/mol. The number of aromatic hydroxyl groups is 1. The lowest BCUT2D eigenvalue weighted by Gasteiger charge is -2.32. The van der Waals surface area contributed by atoms with E-state index in [0.29, 0.717) is 18.2 Å². The molecule has 182 valence electrons. The molecule has 4 nitrogen and oxygen atoms in total. The quantitative estimate of drug-likeness (QED) is 0.139. The van der Waals surface area contributed by atoms with Crippen LogP contribution in [-0.2, 0) is 11.2 Å². The van der Waals surface area contributed by atoms with Gasteiger partial charge < -0.3 is 14.7 Å². The van der Waals surface area contributed by atoms with Crippen LogP contribution in [0.5, 0.6) is 11.5 Å². The Hall–Kier alpha value is -2.07. The summed E-state index contributed by atoms with van der Waals surface area (Å²) in [7, 11) is 2.09. The molecular formula is C29H43NO3. The van der Waals surface area contributed by atoms with Crippen molar-refractivity contribution in [3.63, 3.8) is 0 Å². The highest BCUT2D eigenvalue weighted by molar-refractivity contribution is 5.74. The van der Waals surface area contributed by atoms with Crippen molar-refractivity contribution in [1.29, 1.82) is 0 Å². The predicted molar refractivity (Wildman–Crippen MR) is 136 cm³/mol. The first kappa shape index (κ1) is 25.6. The minimum Gasteiger partial charge on any atom is -0.507 e. The van der Waals surface area contributed by atoms with Gasteiger partial charge in [-0.15, -0.1) is 0 Å². The highest BCUT2D eigenvalue weighted by Crippen LogP contribution is 2.47. The number of hydrogen-bond acceptors (Lipinski definition) is 4. The van der Waals surface area contributed by atoms with Gasteiger partial charge in [0.1, 0.15) is 11.5 Å². The highest BCUT2D eigenvalue weighted by Gasteiger charge is 2.44. The molecule has 4 heteroatoms. The number of unbranched alkanes of at least 4 members (excludes halogenated alkanes) is 2. The van der Waals surface area contributed by atoms with Crippen molar-refractivity contribution in [3.05, 3.63) is 47.1 Å². The number of benzene rings is 1. The second kappa shape index (κ2) is 10.5. The molecule has 1 aromatic rings. The monoisotopic (exact) mass is 453 g/mol. The Labute approximate surface area is 200 Å². The fourth-order valence-corrected chi connectivity index (χ4v) is 5.43. The predicted octanol–water partition coefficient (Wildman–Crippen LogP) is 6.78. The normalized spacial score (nSPS) is 24.8. The summed E-state index contributed by atoms with van der Waals surface area (Å²) in [5, 5.41) is 11.2. The highest BCUT2D eigenvalue weighted by atomic mass is 16.5. The number of ether oxygens (including phenoxy) is 1. The van der Waals surface area contributed by atoms with E-state index in [-0.39, 0.29) is 29.0 Å². The smallest absolute Gasteiger partial charge is 0.311 e. The lowest BCUT2D eigenvalue weighted by molar-refractivity contribution is -0.136. The number of hydrogen-bond donors (Lipinski definition) is 1. The second-order valence-electron chi connectivity index (χ2n) is 11.1. The van der Waals surface area contributed by atoms with E-state index in [1.165, 1.54) is 5.57 Å². The van der Waals surface area contributed by atoms with E-state index in [9.17, 15) is 9.90 Å². The lowest BCUT2D eigenvalue weighted by Crippen LogP contribution is -2.28. The summed E-state index contributed by atoms with van der Waals surface area (Å²) < 4.78 is 6.06. The van der Waals surface area contributed by atoms with Crippen LogP contribution in [0.3, 0.4) is 0 Å².